The molecule has 1 N–H and O–H groups in total. The number of anilines is 1. The number of hydrogen-bond donors (Lipinski definition) is 1. The van der Waals surface area contributed by atoms with Crippen LogP contribution in [0.3, 0.4) is 0 Å². The van der Waals surface area contributed by atoms with Crippen molar-refractivity contribution >= 4 is 15.7 Å². The average molecular weight is 483 g/mol. The summed E-state index contributed by atoms with van der Waals surface area (Å²) < 4.78 is 40.2. The molecule has 3 aromatic rings. The number of methoxy groups -OCH3 is 1. The van der Waals surface area contributed by atoms with E-state index in [0.717, 1.165) is 11.1 Å². The number of benzene rings is 3. The Bertz CT molecular complexity index is 1140. The van der Waals surface area contributed by atoms with E-state index in [1.165, 1.54) is 4.31 Å². The second-order valence-electron chi connectivity index (χ2n) is 8.89. The van der Waals surface area contributed by atoms with Crippen LogP contribution in [0, 0.1) is 0 Å². The molecule has 0 saturated carbocycles. The first kappa shape index (κ1) is 25.7. The van der Waals surface area contributed by atoms with E-state index in [0.29, 0.717) is 37.7 Å². The number of hydrogen-bond acceptors (Lipinski definition) is 5. The van der Waals surface area contributed by atoms with Gasteiger partial charge in [0.2, 0.25) is 0 Å². The van der Waals surface area contributed by atoms with Crippen molar-refractivity contribution in [1.29, 1.82) is 0 Å². The van der Waals surface area contributed by atoms with Crippen LogP contribution in [0.5, 0.6) is 5.75 Å². The minimum absolute atomic E-state index is 0.233. The highest BCUT2D eigenvalue weighted by Crippen LogP contribution is 2.37. The molecule has 0 aliphatic carbocycles. The number of rotatable bonds is 11. The van der Waals surface area contributed by atoms with E-state index in [4.69, 9.17) is 9.47 Å². The predicted octanol–water partition coefficient (Wildman–Crippen LogP) is 5.31. The van der Waals surface area contributed by atoms with Crippen LogP contribution in [0.2, 0.25) is 0 Å². The largest absolute Gasteiger partial charge is 0.497 e. The molecule has 0 radical (unpaired) electrons. The van der Waals surface area contributed by atoms with Crippen molar-refractivity contribution in [1.82, 2.24) is 5.32 Å². The summed E-state index contributed by atoms with van der Waals surface area (Å²) in [5.41, 5.74) is 2.09. The Morgan fingerprint density at radius 3 is 2.18 bits per heavy atom. The van der Waals surface area contributed by atoms with Gasteiger partial charge in [-0.05, 0) is 69.6 Å². The first-order valence-corrected chi connectivity index (χ1v) is 12.8. The Hall–Kier alpha value is -2.87. The molecule has 182 valence electrons. The van der Waals surface area contributed by atoms with Crippen LogP contribution in [-0.2, 0) is 14.8 Å². The van der Waals surface area contributed by atoms with Gasteiger partial charge in [0.1, 0.15) is 5.75 Å². The normalized spacial score (nSPS) is 11.9. The maximum Gasteiger partial charge on any atom is 0.264 e. The fraction of sp³-hybridized carbons (Fsp3) is 0.333. The lowest BCUT2D eigenvalue weighted by atomic mass is 10.0. The van der Waals surface area contributed by atoms with Gasteiger partial charge in [-0.25, -0.2) is 8.42 Å². The molecular weight excluding hydrogens is 448 g/mol. The summed E-state index contributed by atoms with van der Waals surface area (Å²) in [5, 5.41) is 3.24. The second kappa shape index (κ2) is 11.5. The first-order valence-electron chi connectivity index (χ1n) is 11.4. The first-order chi connectivity index (χ1) is 16.2. The van der Waals surface area contributed by atoms with Gasteiger partial charge in [-0.1, -0.05) is 48.5 Å². The summed E-state index contributed by atoms with van der Waals surface area (Å²) in [7, 11) is -2.18. The Kier molecular flexibility index (Phi) is 8.72. The van der Waals surface area contributed by atoms with Crippen LogP contribution in [0.15, 0.2) is 83.8 Å². The van der Waals surface area contributed by atoms with Gasteiger partial charge in [0.05, 0.1) is 30.0 Å². The Morgan fingerprint density at radius 2 is 1.56 bits per heavy atom. The summed E-state index contributed by atoms with van der Waals surface area (Å²) in [4.78, 5) is 0.258. The van der Waals surface area contributed by atoms with Gasteiger partial charge >= 0.3 is 0 Å². The van der Waals surface area contributed by atoms with Crippen molar-refractivity contribution in [3.05, 3.63) is 78.9 Å². The van der Waals surface area contributed by atoms with Crippen molar-refractivity contribution in [2.45, 2.75) is 37.7 Å². The molecule has 0 fully saturated rings. The molecule has 0 atom stereocenters. The van der Waals surface area contributed by atoms with Crippen molar-refractivity contribution < 1.29 is 17.9 Å². The van der Waals surface area contributed by atoms with E-state index < -0.39 is 10.0 Å². The number of nitrogens with zero attached hydrogens (tertiary/aromatic N) is 1. The van der Waals surface area contributed by atoms with Gasteiger partial charge in [-0.3, -0.25) is 9.62 Å². The summed E-state index contributed by atoms with van der Waals surface area (Å²) in [6, 6.07) is 23.8. The van der Waals surface area contributed by atoms with Crippen LogP contribution in [-0.4, -0.2) is 40.9 Å². The smallest absolute Gasteiger partial charge is 0.264 e. The Labute approximate surface area is 203 Å². The van der Waals surface area contributed by atoms with E-state index >= 15 is 0 Å². The van der Waals surface area contributed by atoms with Gasteiger partial charge in [-0.15, -0.1) is 0 Å². The quantitative estimate of drug-likeness (QED) is 0.296. The predicted molar refractivity (Wildman–Crippen MR) is 138 cm³/mol. The van der Waals surface area contributed by atoms with Crippen LogP contribution < -0.4 is 14.4 Å². The topological polar surface area (TPSA) is 67.9 Å². The monoisotopic (exact) mass is 482 g/mol. The molecule has 34 heavy (non-hydrogen) atoms. The van der Waals surface area contributed by atoms with Crippen LogP contribution in [0.4, 0.5) is 5.69 Å². The average Bonchev–Trinajstić information content (AvgIpc) is 2.83. The maximum atomic E-state index is 13.8. The van der Waals surface area contributed by atoms with Crippen LogP contribution >= 0.6 is 0 Å². The molecule has 6 nitrogen and oxygen atoms in total. The lowest BCUT2D eigenvalue weighted by Gasteiger charge is -2.27. The molecule has 3 aromatic carbocycles. The number of sulfonamides is 1. The fourth-order valence-corrected chi connectivity index (χ4v) is 5.03. The minimum Gasteiger partial charge on any atom is -0.497 e. The molecule has 7 heteroatoms. The number of nitrogens with one attached hydrogen (secondary N) is 1. The van der Waals surface area contributed by atoms with Crippen molar-refractivity contribution in [3.63, 3.8) is 0 Å². The molecule has 0 saturated heterocycles. The van der Waals surface area contributed by atoms with Gasteiger partial charge < -0.3 is 9.47 Å². The maximum absolute atomic E-state index is 13.8. The third-order valence-corrected chi connectivity index (χ3v) is 7.04. The van der Waals surface area contributed by atoms with Gasteiger partial charge in [-0.2, -0.15) is 0 Å². The molecule has 0 spiro atoms. The molecule has 0 aromatic heterocycles. The van der Waals surface area contributed by atoms with E-state index in [1.54, 1.807) is 37.4 Å². The highest BCUT2D eigenvalue weighted by molar-refractivity contribution is 7.92. The highest BCUT2D eigenvalue weighted by atomic mass is 32.2. The zero-order valence-electron chi connectivity index (χ0n) is 20.3. The van der Waals surface area contributed by atoms with Crippen LogP contribution in [0.25, 0.3) is 11.1 Å². The van der Waals surface area contributed by atoms with E-state index in [1.807, 2.05) is 69.3 Å². The van der Waals surface area contributed by atoms with Gasteiger partial charge in [0.25, 0.3) is 10.0 Å². The molecule has 0 aliphatic heterocycles. The molecular formula is C27H34N2O4S. The van der Waals surface area contributed by atoms with E-state index in [2.05, 4.69) is 5.32 Å². The second-order valence-corrected chi connectivity index (χ2v) is 10.8. The summed E-state index contributed by atoms with van der Waals surface area (Å²) in [6.45, 7) is 7.33. The zero-order valence-corrected chi connectivity index (χ0v) is 21.1. The summed E-state index contributed by atoms with van der Waals surface area (Å²) in [5.74, 6) is 0.667. The molecule has 0 unspecified atom stereocenters. The molecule has 0 aliphatic rings. The fourth-order valence-electron chi connectivity index (χ4n) is 3.49. The van der Waals surface area contributed by atoms with Crippen molar-refractivity contribution in [3.8, 4) is 16.9 Å². The van der Waals surface area contributed by atoms with Gasteiger partial charge in [0, 0.05) is 12.1 Å². The Morgan fingerprint density at radius 1 is 0.912 bits per heavy atom. The molecule has 0 bridgehead atoms. The SMILES string of the molecule is COc1ccc(N(CCCNCOC(C)(C)C)S(=O)(=O)c2ccccc2)c(-c2ccccc2)c1. The molecule has 0 heterocycles. The zero-order chi connectivity index (χ0) is 24.6. The van der Waals surface area contributed by atoms with Crippen molar-refractivity contribution in [2.24, 2.45) is 0 Å². The Balaban J connectivity index is 1.94. The minimum atomic E-state index is -3.79. The standard InChI is InChI=1S/C27H34N2O4S/c1-27(2,3)33-21-28-18-11-19-29(34(30,31)24-14-9-6-10-15-24)26-17-16-23(32-4)20-25(26)22-12-7-5-8-13-22/h5-10,12-17,20,28H,11,18-19,21H2,1-4H3. The lowest BCUT2D eigenvalue weighted by molar-refractivity contribution is -0.0130. The van der Waals surface area contributed by atoms with Crippen molar-refractivity contribution in [2.75, 3.05) is 31.2 Å². The molecule has 0 amide bonds. The van der Waals surface area contributed by atoms with Gasteiger partial charge in [0.15, 0.2) is 0 Å². The lowest BCUT2D eigenvalue weighted by Crippen LogP contribution is -2.35. The third kappa shape index (κ3) is 6.82. The third-order valence-electron chi connectivity index (χ3n) is 5.21. The van der Waals surface area contributed by atoms with Crippen LogP contribution in [0.1, 0.15) is 27.2 Å². The van der Waals surface area contributed by atoms with E-state index in [-0.39, 0.29) is 10.5 Å². The highest BCUT2D eigenvalue weighted by Gasteiger charge is 2.27. The summed E-state index contributed by atoms with van der Waals surface area (Å²) >= 11 is 0. The van der Waals surface area contributed by atoms with E-state index in [9.17, 15) is 8.42 Å². The molecule has 3 rings (SSSR count). The summed E-state index contributed by atoms with van der Waals surface area (Å²) in [6.07, 6.45) is 0.611. The number of ether oxygens (including phenoxy) is 2.